The molecular weight excluding hydrogens is 700 g/mol. The van der Waals surface area contributed by atoms with Crippen molar-refractivity contribution in [2.24, 2.45) is 0 Å². The molecule has 9 nitrogen and oxygen atoms in total. The van der Waals surface area contributed by atoms with Gasteiger partial charge in [0.25, 0.3) is 5.91 Å². The summed E-state index contributed by atoms with van der Waals surface area (Å²) in [6.07, 6.45) is 1.26. The zero-order valence-corrected chi connectivity index (χ0v) is 30.3. The second kappa shape index (κ2) is 14.3. The lowest BCUT2D eigenvalue weighted by atomic mass is 9.77. The van der Waals surface area contributed by atoms with Crippen LogP contribution in [-0.4, -0.2) is 67.2 Å². The average molecular weight is 737 g/mol. The van der Waals surface area contributed by atoms with Crippen molar-refractivity contribution in [3.05, 3.63) is 180 Å². The Morgan fingerprint density at radius 1 is 0.704 bits per heavy atom. The van der Waals surface area contributed by atoms with Crippen LogP contribution in [0.5, 0.6) is 0 Å². The predicted octanol–water partition coefficient (Wildman–Crippen LogP) is 7.25. The Morgan fingerprint density at radius 3 is 1.83 bits per heavy atom. The van der Waals surface area contributed by atoms with E-state index in [0.717, 1.165) is 54.6 Å². The first-order valence-corrected chi connectivity index (χ1v) is 19.1. The number of carbonyl (C=O) groups excluding carboxylic acids is 1. The summed E-state index contributed by atoms with van der Waals surface area (Å²) in [5, 5.41) is 8.41. The van der Waals surface area contributed by atoms with Gasteiger partial charge in [-0.1, -0.05) is 97.1 Å². The number of nitrogens with one attached hydrogen (secondary N) is 1. The van der Waals surface area contributed by atoms with Crippen molar-refractivity contribution in [3.8, 4) is 0 Å². The number of hydrogen-bond acceptors (Lipinski definition) is 7. The topological polar surface area (TPSA) is 100 Å². The van der Waals surface area contributed by atoms with Gasteiger partial charge in [-0.15, -0.1) is 0 Å². The van der Waals surface area contributed by atoms with E-state index < -0.39 is 27.1 Å². The van der Waals surface area contributed by atoms with Crippen molar-refractivity contribution in [2.45, 2.75) is 15.3 Å². The van der Waals surface area contributed by atoms with E-state index in [1.54, 1.807) is 16.8 Å². The Balaban J connectivity index is 1.32. The summed E-state index contributed by atoms with van der Waals surface area (Å²) >= 11 is 0. The molecule has 1 aliphatic heterocycles. The zero-order chi connectivity index (χ0) is 37.3. The highest BCUT2D eigenvalue weighted by Crippen LogP contribution is 2.43. The van der Waals surface area contributed by atoms with Crippen LogP contribution in [0.4, 0.5) is 15.9 Å². The summed E-state index contributed by atoms with van der Waals surface area (Å²) in [6.45, 7) is 3.70. The van der Waals surface area contributed by atoms with Gasteiger partial charge in [-0.05, 0) is 72.3 Å². The molecule has 7 aromatic rings. The number of piperazine rings is 1. The van der Waals surface area contributed by atoms with Crippen molar-refractivity contribution >= 4 is 38.3 Å². The molecule has 0 spiro atoms. The molecule has 2 aromatic heterocycles. The first kappa shape index (κ1) is 34.9. The average Bonchev–Trinajstić information content (AvgIpc) is 3.57. The summed E-state index contributed by atoms with van der Waals surface area (Å²) in [4.78, 5) is 23.0. The van der Waals surface area contributed by atoms with Crippen LogP contribution in [0.25, 0.3) is 11.0 Å². The molecule has 1 N–H and O–H groups in total. The highest BCUT2D eigenvalue weighted by molar-refractivity contribution is 7.91. The van der Waals surface area contributed by atoms with E-state index in [9.17, 15) is 17.6 Å². The molecule has 8 rings (SSSR count). The van der Waals surface area contributed by atoms with Gasteiger partial charge in [0.15, 0.2) is 11.5 Å². The summed E-state index contributed by atoms with van der Waals surface area (Å²) in [7, 11) is -2.11. The third-order valence-corrected chi connectivity index (χ3v) is 11.8. The lowest BCUT2D eigenvalue weighted by Gasteiger charge is -2.36. The second-order valence-electron chi connectivity index (χ2n) is 13.4. The van der Waals surface area contributed by atoms with Gasteiger partial charge < -0.3 is 15.1 Å². The number of hydrogen-bond donors (Lipinski definition) is 1. The van der Waals surface area contributed by atoms with Gasteiger partial charge in [-0.3, -0.25) is 4.79 Å². The third kappa shape index (κ3) is 6.31. The molecular formula is C43H37FN6O3S. The van der Waals surface area contributed by atoms with Gasteiger partial charge in [0.2, 0.25) is 9.84 Å². The first-order chi connectivity index (χ1) is 26.2. The molecule has 0 bridgehead atoms. The smallest absolute Gasteiger partial charge is 0.256 e. The van der Waals surface area contributed by atoms with Crippen molar-refractivity contribution in [2.75, 3.05) is 43.4 Å². The monoisotopic (exact) mass is 736 g/mol. The van der Waals surface area contributed by atoms with Gasteiger partial charge in [-0.25, -0.2) is 22.5 Å². The van der Waals surface area contributed by atoms with Gasteiger partial charge in [0.1, 0.15) is 11.4 Å². The van der Waals surface area contributed by atoms with E-state index >= 15 is 0 Å². The fourth-order valence-corrected chi connectivity index (χ4v) is 8.46. The standard InChI is InChI=1S/C43H37FN6O3S/c1-48-24-26-49(27-25-48)36-22-20-31(21-23-36)42(51)46-40-39-29-38(54(52,53)37-19-11-18-35(44)28-37)30-45-41(39)50(47-40)43(32-12-5-2-6-13-32,33-14-7-3-8-15-33)34-16-9-4-10-17-34/h2-23,28-30H,24-27H2,1H3,(H,46,47,51). The highest BCUT2D eigenvalue weighted by atomic mass is 32.2. The predicted molar refractivity (Wildman–Crippen MR) is 208 cm³/mol. The van der Waals surface area contributed by atoms with Crippen molar-refractivity contribution in [3.63, 3.8) is 0 Å². The van der Waals surface area contributed by atoms with Crippen LogP contribution < -0.4 is 10.2 Å². The van der Waals surface area contributed by atoms with Gasteiger partial charge in [0.05, 0.1) is 15.2 Å². The Kier molecular flexibility index (Phi) is 9.26. The summed E-state index contributed by atoms with van der Waals surface area (Å²) < 4.78 is 43.8. The number of likely N-dealkylation sites (N-methyl/N-ethyl adjacent to an activating group) is 1. The van der Waals surface area contributed by atoms with Crippen LogP contribution in [0.1, 0.15) is 27.0 Å². The molecule has 1 amide bonds. The van der Waals surface area contributed by atoms with Gasteiger partial charge >= 0.3 is 0 Å². The van der Waals surface area contributed by atoms with E-state index in [0.29, 0.717) is 16.6 Å². The second-order valence-corrected chi connectivity index (χ2v) is 15.3. The molecule has 5 aromatic carbocycles. The van der Waals surface area contributed by atoms with Gasteiger partial charge in [0, 0.05) is 43.6 Å². The SMILES string of the molecule is CN1CCN(c2ccc(C(=O)Nc3nn(C(c4ccccc4)(c4ccccc4)c4ccccc4)c4ncc(S(=O)(=O)c5cccc(F)c5)cc34)cc2)CC1. The van der Waals surface area contributed by atoms with Crippen molar-refractivity contribution in [1.82, 2.24) is 19.7 Å². The normalized spacial score (nSPS) is 13.9. The molecule has 0 aliphatic carbocycles. The largest absolute Gasteiger partial charge is 0.369 e. The van der Waals surface area contributed by atoms with Crippen LogP contribution in [0.2, 0.25) is 0 Å². The number of nitrogens with zero attached hydrogens (tertiary/aromatic N) is 5. The number of carbonyl (C=O) groups is 1. The van der Waals surface area contributed by atoms with E-state index in [1.807, 2.05) is 103 Å². The van der Waals surface area contributed by atoms with Crippen molar-refractivity contribution in [1.29, 1.82) is 0 Å². The minimum atomic E-state index is -4.21. The van der Waals surface area contributed by atoms with E-state index in [1.165, 1.54) is 30.5 Å². The Hall–Kier alpha value is -6.17. The fourth-order valence-electron chi connectivity index (χ4n) is 7.20. The number of sulfone groups is 1. The quantitative estimate of drug-likeness (QED) is 0.156. The Labute approximate surface area is 313 Å². The number of benzene rings is 5. The maximum Gasteiger partial charge on any atom is 0.256 e. The van der Waals surface area contributed by atoms with Crippen LogP contribution in [0.3, 0.4) is 0 Å². The first-order valence-electron chi connectivity index (χ1n) is 17.7. The van der Waals surface area contributed by atoms with Crippen LogP contribution in [-0.2, 0) is 15.4 Å². The molecule has 1 saturated heterocycles. The van der Waals surface area contributed by atoms with E-state index in [-0.39, 0.29) is 15.6 Å². The maximum atomic E-state index is 14.3. The molecule has 0 unspecified atom stereocenters. The van der Waals surface area contributed by atoms with E-state index in [2.05, 4.69) is 22.2 Å². The third-order valence-electron chi connectivity index (χ3n) is 10.0. The van der Waals surface area contributed by atoms with Gasteiger partial charge in [-0.2, -0.15) is 5.10 Å². The molecule has 0 saturated carbocycles. The summed E-state index contributed by atoms with van der Waals surface area (Å²) in [6, 6.07) is 43.3. The highest BCUT2D eigenvalue weighted by Gasteiger charge is 2.42. The Bertz CT molecular complexity index is 2440. The molecule has 11 heteroatoms. The summed E-state index contributed by atoms with van der Waals surface area (Å²) in [5.41, 5.74) is 3.24. The fraction of sp³-hybridized carbons (Fsp3) is 0.140. The van der Waals surface area contributed by atoms with Crippen LogP contribution in [0, 0.1) is 5.82 Å². The molecule has 270 valence electrons. The molecule has 0 atom stereocenters. The molecule has 3 heterocycles. The van der Waals surface area contributed by atoms with E-state index in [4.69, 9.17) is 10.1 Å². The number of halogens is 1. The maximum absolute atomic E-state index is 14.3. The number of pyridine rings is 1. The minimum absolute atomic E-state index is 0.120. The molecule has 0 radical (unpaired) electrons. The molecule has 54 heavy (non-hydrogen) atoms. The lowest BCUT2D eigenvalue weighted by molar-refractivity contribution is 0.102. The lowest BCUT2D eigenvalue weighted by Crippen LogP contribution is -2.44. The minimum Gasteiger partial charge on any atom is -0.369 e. The summed E-state index contributed by atoms with van der Waals surface area (Å²) in [5.74, 6) is -0.980. The molecule has 1 fully saturated rings. The number of anilines is 2. The zero-order valence-electron chi connectivity index (χ0n) is 29.5. The van der Waals surface area contributed by atoms with Crippen LogP contribution in [0.15, 0.2) is 162 Å². The van der Waals surface area contributed by atoms with Crippen LogP contribution >= 0.6 is 0 Å². The molecule has 1 aliphatic rings. The number of fused-ring (bicyclic) bond motifs is 1. The number of amides is 1. The van der Waals surface area contributed by atoms with Crippen molar-refractivity contribution < 1.29 is 17.6 Å². The number of rotatable bonds is 9. The Morgan fingerprint density at radius 2 is 1.28 bits per heavy atom. The number of aromatic nitrogens is 3.